The van der Waals surface area contributed by atoms with Crippen molar-refractivity contribution in [3.8, 4) is 34.1 Å². The average molecular weight is 504 g/mol. The van der Waals surface area contributed by atoms with Crippen LogP contribution < -0.4 is 24.3 Å². The molecule has 184 valence electrons. The van der Waals surface area contributed by atoms with Crippen LogP contribution in [0.1, 0.15) is 15.9 Å². The summed E-state index contributed by atoms with van der Waals surface area (Å²) in [4.78, 5) is 13.0. The standard InChI is InChI=1S/C29H26ClNO5/c1-33-26-14-11-21(29(32)31-25-17-27(34-2)24(30)16-28(25)35-3)15-22(26)18-36-23-12-9-20(10-13-23)19-7-5-4-6-8-19/h4-17H,18H2,1-3H3,(H,31,32). The minimum absolute atomic E-state index is 0.229. The van der Waals surface area contributed by atoms with Crippen LogP contribution >= 0.6 is 11.6 Å². The number of methoxy groups -OCH3 is 3. The second-order valence-electron chi connectivity index (χ2n) is 7.85. The van der Waals surface area contributed by atoms with Crippen molar-refractivity contribution >= 4 is 23.2 Å². The Kier molecular flexibility index (Phi) is 7.98. The summed E-state index contributed by atoms with van der Waals surface area (Å²) in [7, 11) is 4.59. The largest absolute Gasteiger partial charge is 0.496 e. The molecule has 1 amide bonds. The van der Waals surface area contributed by atoms with Crippen LogP contribution in [0.3, 0.4) is 0 Å². The van der Waals surface area contributed by atoms with E-state index in [0.717, 1.165) is 16.7 Å². The van der Waals surface area contributed by atoms with Crippen molar-refractivity contribution in [1.29, 1.82) is 0 Å². The lowest BCUT2D eigenvalue weighted by atomic mass is 10.1. The minimum Gasteiger partial charge on any atom is -0.496 e. The van der Waals surface area contributed by atoms with Crippen LogP contribution in [0.2, 0.25) is 5.02 Å². The van der Waals surface area contributed by atoms with Gasteiger partial charge in [-0.25, -0.2) is 0 Å². The molecule has 6 nitrogen and oxygen atoms in total. The van der Waals surface area contributed by atoms with Crippen LogP contribution in [0, 0.1) is 0 Å². The number of halogens is 1. The monoisotopic (exact) mass is 503 g/mol. The first-order chi connectivity index (χ1) is 17.5. The van der Waals surface area contributed by atoms with Gasteiger partial charge in [-0.2, -0.15) is 0 Å². The Morgan fingerprint density at radius 3 is 2.08 bits per heavy atom. The normalized spacial score (nSPS) is 10.4. The maximum atomic E-state index is 13.0. The van der Waals surface area contributed by atoms with Crippen LogP contribution in [0.25, 0.3) is 11.1 Å². The number of rotatable bonds is 9. The molecule has 0 saturated heterocycles. The van der Waals surface area contributed by atoms with Gasteiger partial charge in [-0.1, -0.05) is 54.1 Å². The van der Waals surface area contributed by atoms with Crippen molar-refractivity contribution in [3.63, 3.8) is 0 Å². The Labute approximate surface area is 215 Å². The zero-order chi connectivity index (χ0) is 25.5. The Morgan fingerprint density at radius 1 is 0.750 bits per heavy atom. The van der Waals surface area contributed by atoms with E-state index < -0.39 is 0 Å². The topological polar surface area (TPSA) is 66.0 Å². The highest BCUT2D eigenvalue weighted by molar-refractivity contribution is 6.32. The molecule has 4 aromatic carbocycles. The number of amides is 1. The summed E-state index contributed by atoms with van der Waals surface area (Å²) in [5.41, 5.74) is 3.85. The highest BCUT2D eigenvalue weighted by Crippen LogP contribution is 2.36. The molecule has 4 aromatic rings. The van der Waals surface area contributed by atoms with E-state index >= 15 is 0 Å². The van der Waals surface area contributed by atoms with Gasteiger partial charge in [0, 0.05) is 23.3 Å². The predicted octanol–water partition coefficient (Wildman–Crippen LogP) is 6.86. The summed E-state index contributed by atoms with van der Waals surface area (Å²) in [5, 5.41) is 3.24. The van der Waals surface area contributed by atoms with Crippen molar-refractivity contribution in [2.75, 3.05) is 26.6 Å². The smallest absolute Gasteiger partial charge is 0.255 e. The molecule has 4 rings (SSSR count). The number of ether oxygens (including phenoxy) is 4. The lowest BCUT2D eigenvalue weighted by Crippen LogP contribution is -2.14. The highest BCUT2D eigenvalue weighted by Gasteiger charge is 2.16. The minimum atomic E-state index is -0.325. The van der Waals surface area contributed by atoms with Crippen LogP contribution in [-0.2, 0) is 6.61 Å². The molecule has 36 heavy (non-hydrogen) atoms. The molecule has 0 aliphatic heterocycles. The maximum absolute atomic E-state index is 13.0. The fourth-order valence-electron chi connectivity index (χ4n) is 3.72. The van der Waals surface area contributed by atoms with Crippen molar-refractivity contribution in [2.24, 2.45) is 0 Å². The van der Waals surface area contributed by atoms with Gasteiger partial charge in [0.15, 0.2) is 0 Å². The lowest BCUT2D eigenvalue weighted by Gasteiger charge is -2.15. The van der Waals surface area contributed by atoms with Crippen LogP contribution in [0.4, 0.5) is 5.69 Å². The summed E-state index contributed by atoms with van der Waals surface area (Å²) in [6.45, 7) is 0.229. The molecule has 1 N–H and O–H groups in total. The second-order valence-corrected chi connectivity index (χ2v) is 8.25. The maximum Gasteiger partial charge on any atom is 0.255 e. The molecule has 0 aliphatic rings. The van der Waals surface area contributed by atoms with E-state index in [1.54, 1.807) is 37.4 Å². The molecular formula is C29H26ClNO5. The molecule has 0 spiro atoms. The van der Waals surface area contributed by atoms with Gasteiger partial charge >= 0.3 is 0 Å². The number of carbonyl (C=O) groups excluding carboxylic acids is 1. The van der Waals surface area contributed by atoms with E-state index in [1.165, 1.54) is 14.2 Å². The highest BCUT2D eigenvalue weighted by atomic mass is 35.5. The SMILES string of the molecule is COc1cc(NC(=O)c2ccc(OC)c(COc3ccc(-c4ccccc4)cc3)c2)c(OC)cc1Cl. The van der Waals surface area contributed by atoms with Gasteiger partial charge in [0.25, 0.3) is 5.91 Å². The second kappa shape index (κ2) is 11.5. The van der Waals surface area contributed by atoms with Gasteiger partial charge in [0.05, 0.1) is 32.0 Å². The molecular weight excluding hydrogens is 478 g/mol. The van der Waals surface area contributed by atoms with Gasteiger partial charge in [-0.15, -0.1) is 0 Å². The van der Waals surface area contributed by atoms with E-state index in [-0.39, 0.29) is 12.5 Å². The fraction of sp³-hybridized carbons (Fsp3) is 0.138. The molecule has 0 aromatic heterocycles. The van der Waals surface area contributed by atoms with Gasteiger partial charge < -0.3 is 24.3 Å². The number of anilines is 1. The van der Waals surface area contributed by atoms with E-state index in [9.17, 15) is 4.79 Å². The van der Waals surface area contributed by atoms with Gasteiger partial charge in [-0.05, 0) is 41.5 Å². The summed E-state index contributed by atoms with van der Waals surface area (Å²) in [6.07, 6.45) is 0. The first-order valence-corrected chi connectivity index (χ1v) is 11.6. The molecule has 0 aliphatic carbocycles. The van der Waals surface area contributed by atoms with Crippen LogP contribution in [0.15, 0.2) is 84.9 Å². The fourth-order valence-corrected chi connectivity index (χ4v) is 3.95. The Hall–Kier alpha value is -4.16. The summed E-state index contributed by atoms with van der Waals surface area (Å²) in [6, 6.07) is 26.4. The van der Waals surface area contributed by atoms with Crippen molar-refractivity contribution in [1.82, 2.24) is 0 Å². The summed E-state index contributed by atoms with van der Waals surface area (Å²) >= 11 is 6.17. The number of carbonyl (C=O) groups is 1. The number of hydrogen-bond acceptors (Lipinski definition) is 5. The van der Waals surface area contributed by atoms with Crippen LogP contribution in [0.5, 0.6) is 23.0 Å². The zero-order valence-electron chi connectivity index (χ0n) is 20.2. The lowest BCUT2D eigenvalue weighted by molar-refractivity contribution is 0.102. The third kappa shape index (κ3) is 5.73. The molecule has 0 unspecified atom stereocenters. The Morgan fingerprint density at radius 2 is 1.42 bits per heavy atom. The molecule has 0 radical (unpaired) electrons. The van der Waals surface area contributed by atoms with E-state index in [1.807, 2.05) is 42.5 Å². The Balaban J connectivity index is 1.50. The average Bonchev–Trinajstić information content (AvgIpc) is 2.93. The molecule has 0 atom stereocenters. The van der Waals surface area contributed by atoms with Crippen molar-refractivity contribution in [2.45, 2.75) is 6.61 Å². The molecule has 0 bridgehead atoms. The number of nitrogens with one attached hydrogen (secondary N) is 1. The Bertz CT molecular complexity index is 1340. The molecule has 0 saturated carbocycles. The van der Waals surface area contributed by atoms with Gasteiger partial charge in [0.1, 0.15) is 29.6 Å². The van der Waals surface area contributed by atoms with Gasteiger partial charge in [-0.3, -0.25) is 4.79 Å². The van der Waals surface area contributed by atoms with Crippen molar-refractivity contribution in [3.05, 3.63) is 101 Å². The molecule has 0 fully saturated rings. The molecule has 0 heterocycles. The quantitative estimate of drug-likeness (QED) is 0.270. The van der Waals surface area contributed by atoms with Crippen LogP contribution in [-0.4, -0.2) is 27.2 Å². The first-order valence-electron chi connectivity index (χ1n) is 11.2. The van der Waals surface area contributed by atoms with E-state index in [2.05, 4.69) is 17.4 Å². The predicted molar refractivity (Wildman–Crippen MR) is 142 cm³/mol. The van der Waals surface area contributed by atoms with E-state index in [4.69, 9.17) is 30.5 Å². The van der Waals surface area contributed by atoms with Gasteiger partial charge in [0.2, 0.25) is 0 Å². The summed E-state index contributed by atoms with van der Waals surface area (Å²) in [5.74, 6) is 1.86. The third-order valence-corrected chi connectivity index (χ3v) is 5.92. The number of hydrogen-bond donors (Lipinski definition) is 1. The third-order valence-electron chi connectivity index (χ3n) is 5.62. The summed E-state index contributed by atoms with van der Waals surface area (Å²) < 4.78 is 22.1. The van der Waals surface area contributed by atoms with Crippen molar-refractivity contribution < 1.29 is 23.7 Å². The zero-order valence-corrected chi connectivity index (χ0v) is 21.0. The first kappa shape index (κ1) is 24.9. The number of benzene rings is 4. The van der Waals surface area contributed by atoms with E-state index in [0.29, 0.717) is 39.3 Å². The molecule has 7 heteroatoms.